The second-order valence-electron chi connectivity index (χ2n) is 9.94. The summed E-state index contributed by atoms with van der Waals surface area (Å²) in [6.45, 7) is 7.15. The second-order valence-corrected chi connectivity index (χ2v) is 9.94. The zero-order chi connectivity index (χ0) is 23.5. The van der Waals surface area contributed by atoms with Crippen LogP contribution in [0.3, 0.4) is 0 Å². The molecule has 0 atom stereocenters. The first kappa shape index (κ1) is 23.1. The molecule has 0 bridgehead atoms. The number of likely N-dealkylation sites (tertiary alicyclic amines) is 1. The monoisotopic (exact) mass is 460 g/mol. The van der Waals surface area contributed by atoms with Crippen molar-refractivity contribution >= 4 is 16.8 Å². The summed E-state index contributed by atoms with van der Waals surface area (Å²) in [6, 6.07) is 12.6. The lowest BCUT2D eigenvalue weighted by molar-refractivity contribution is 0.0681. The molecule has 1 aliphatic heterocycles. The Balaban J connectivity index is 1.16. The fraction of sp³-hybridized carbons (Fsp3) is 0.500. The van der Waals surface area contributed by atoms with Gasteiger partial charge in [0.15, 0.2) is 0 Å². The fourth-order valence-corrected chi connectivity index (χ4v) is 5.09. The van der Waals surface area contributed by atoms with Gasteiger partial charge < -0.3 is 15.0 Å². The van der Waals surface area contributed by atoms with E-state index >= 15 is 0 Å². The van der Waals surface area contributed by atoms with E-state index in [1.165, 1.54) is 34.9 Å². The lowest BCUT2D eigenvalue weighted by atomic mass is 9.96. The van der Waals surface area contributed by atoms with E-state index in [0.29, 0.717) is 5.92 Å². The van der Waals surface area contributed by atoms with E-state index in [9.17, 15) is 4.79 Å². The minimum Gasteiger partial charge on any atom is -0.383 e. The van der Waals surface area contributed by atoms with Crippen molar-refractivity contribution in [3.05, 3.63) is 64.8 Å². The van der Waals surface area contributed by atoms with E-state index in [1.807, 2.05) is 17.0 Å². The molecule has 1 saturated heterocycles. The molecule has 2 aliphatic rings. The quantitative estimate of drug-likeness (QED) is 0.478. The fourth-order valence-electron chi connectivity index (χ4n) is 5.09. The molecule has 34 heavy (non-hydrogen) atoms. The smallest absolute Gasteiger partial charge is 0.253 e. The number of benzene rings is 2. The SMILES string of the molecule is COCCNCc1ccc2nn(CC3CCN(C(=O)c4ccc(C5CC5)cc4)CC3)cc2c1C. The van der Waals surface area contributed by atoms with Gasteiger partial charge in [0, 0.05) is 57.0 Å². The van der Waals surface area contributed by atoms with Gasteiger partial charge in [-0.25, -0.2) is 0 Å². The van der Waals surface area contributed by atoms with Gasteiger partial charge in [-0.1, -0.05) is 18.2 Å². The lowest BCUT2D eigenvalue weighted by Gasteiger charge is -2.32. The van der Waals surface area contributed by atoms with E-state index in [-0.39, 0.29) is 5.91 Å². The molecule has 1 aromatic heterocycles. The van der Waals surface area contributed by atoms with Crippen molar-refractivity contribution in [1.29, 1.82) is 0 Å². The Labute approximate surface area is 202 Å². The van der Waals surface area contributed by atoms with Gasteiger partial charge in [-0.2, -0.15) is 5.10 Å². The van der Waals surface area contributed by atoms with E-state index in [0.717, 1.165) is 69.2 Å². The van der Waals surface area contributed by atoms with Gasteiger partial charge in [0.05, 0.1) is 12.1 Å². The number of rotatable bonds is 9. The standard InChI is InChI=1S/C28H36N4O2/c1-20-25(17-29-13-16-34-2)9-10-27-26(20)19-32(30-27)18-21-11-14-31(15-12-21)28(33)24-7-5-23(6-8-24)22-3-4-22/h5-10,19,21-22,29H,3-4,11-18H2,1-2H3. The predicted molar refractivity (Wildman–Crippen MR) is 135 cm³/mol. The number of hydrogen-bond acceptors (Lipinski definition) is 4. The first-order chi connectivity index (χ1) is 16.6. The number of nitrogens with one attached hydrogen (secondary N) is 1. The number of carbonyl (C=O) groups is 1. The van der Waals surface area contributed by atoms with Crippen molar-refractivity contribution in [2.75, 3.05) is 33.4 Å². The van der Waals surface area contributed by atoms with Crippen molar-refractivity contribution in [3.8, 4) is 0 Å². The highest BCUT2D eigenvalue weighted by atomic mass is 16.5. The van der Waals surface area contributed by atoms with Crippen LogP contribution in [0.1, 0.15) is 58.6 Å². The Morgan fingerprint density at radius 3 is 2.56 bits per heavy atom. The van der Waals surface area contributed by atoms with Crippen LogP contribution in [0.15, 0.2) is 42.6 Å². The third-order valence-electron chi connectivity index (χ3n) is 7.47. The van der Waals surface area contributed by atoms with Crippen molar-refractivity contribution in [3.63, 3.8) is 0 Å². The Morgan fingerprint density at radius 1 is 1.09 bits per heavy atom. The number of carbonyl (C=O) groups excluding carboxylic acids is 1. The molecule has 2 heterocycles. The van der Waals surface area contributed by atoms with Gasteiger partial charge >= 0.3 is 0 Å². The molecule has 1 aliphatic carbocycles. The number of aromatic nitrogens is 2. The first-order valence-corrected chi connectivity index (χ1v) is 12.7. The maximum absolute atomic E-state index is 13.0. The summed E-state index contributed by atoms with van der Waals surface area (Å²) in [7, 11) is 1.72. The normalized spacial score (nSPS) is 16.9. The topological polar surface area (TPSA) is 59.4 Å². The Morgan fingerprint density at radius 2 is 1.85 bits per heavy atom. The van der Waals surface area contributed by atoms with Gasteiger partial charge in [0.2, 0.25) is 0 Å². The van der Waals surface area contributed by atoms with Crippen LogP contribution < -0.4 is 5.32 Å². The third kappa shape index (κ3) is 5.18. The minimum absolute atomic E-state index is 0.174. The summed E-state index contributed by atoms with van der Waals surface area (Å²) in [5.41, 5.74) is 5.86. The van der Waals surface area contributed by atoms with E-state index in [4.69, 9.17) is 9.84 Å². The second kappa shape index (κ2) is 10.3. The van der Waals surface area contributed by atoms with Crippen molar-refractivity contribution in [2.24, 2.45) is 5.92 Å². The molecule has 0 unspecified atom stereocenters. The lowest BCUT2D eigenvalue weighted by Crippen LogP contribution is -2.39. The zero-order valence-corrected chi connectivity index (χ0v) is 20.4. The van der Waals surface area contributed by atoms with Crippen molar-refractivity contribution in [2.45, 2.75) is 51.6 Å². The van der Waals surface area contributed by atoms with Crippen LogP contribution in [0.4, 0.5) is 0 Å². The molecule has 180 valence electrons. The van der Waals surface area contributed by atoms with Crippen LogP contribution in [-0.4, -0.2) is 53.9 Å². The van der Waals surface area contributed by atoms with Crippen LogP contribution in [0.25, 0.3) is 10.9 Å². The van der Waals surface area contributed by atoms with E-state index in [1.54, 1.807) is 7.11 Å². The van der Waals surface area contributed by atoms with Gasteiger partial charge in [-0.15, -0.1) is 0 Å². The summed E-state index contributed by atoms with van der Waals surface area (Å²) < 4.78 is 7.22. The number of fused-ring (bicyclic) bond motifs is 1. The number of ether oxygens (including phenoxy) is 1. The maximum Gasteiger partial charge on any atom is 0.253 e. The number of piperidine rings is 1. The zero-order valence-electron chi connectivity index (χ0n) is 20.4. The van der Waals surface area contributed by atoms with E-state index < -0.39 is 0 Å². The van der Waals surface area contributed by atoms with Gasteiger partial charge in [0.25, 0.3) is 5.91 Å². The largest absolute Gasteiger partial charge is 0.383 e. The minimum atomic E-state index is 0.174. The number of amides is 1. The number of nitrogens with zero attached hydrogens (tertiary/aromatic N) is 3. The molecule has 1 saturated carbocycles. The Bertz CT molecular complexity index is 1130. The average molecular weight is 461 g/mol. The number of aryl methyl sites for hydroxylation is 1. The van der Waals surface area contributed by atoms with Crippen LogP contribution in [0.2, 0.25) is 0 Å². The van der Waals surface area contributed by atoms with Crippen molar-refractivity contribution in [1.82, 2.24) is 20.0 Å². The highest BCUT2D eigenvalue weighted by molar-refractivity contribution is 5.94. The molecule has 2 fully saturated rings. The third-order valence-corrected chi connectivity index (χ3v) is 7.47. The highest BCUT2D eigenvalue weighted by Gasteiger charge is 2.26. The van der Waals surface area contributed by atoms with Crippen molar-refractivity contribution < 1.29 is 9.53 Å². The van der Waals surface area contributed by atoms with Gasteiger partial charge in [-0.05, 0) is 79.3 Å². The molecule has 1 amide bonds. The van der Waals surface area contributed by atoms with Crippen LogP contribution in [0, 0.1) is 12.8 Å². The summed E-state index contributed by atoms with van der Waals surface area (Å²) >= 11 is 0. The molecule has 1 N–H and O–H groups in total. The first-order valence-electron chi connectivity index (χ1n) is 12.7. The molecule has 6 heteroatoms. The average Bonchev–Trinajstić information content (AvgIpc) is 3.63. The van der Waals surface area contributed by atoms with Gasteiger partial charge in [0.1, 0.15) is 0 Å². The molecule has 6 nitrogen and oxygen atoms in total. The summed E-state index contributed by atoms with van der Waals surface area (Å²) in [6.07, 6.45) is 6.83. The highest BCUT2D eigenvalue weighted by Crippen LogP contribution is 2.40. The van der Waals surface area contributed by atoms with Crippen LogP contribution >= 0.6 is 0 Å². The van der Waals surface area contributed by atoms with Gasteiger partial charge in [-0.3, -0.25) is 9.48 Å². The number of hydrogen-bond donors (Lipinski definition) is 1. The molecular formula is C28H36N4O2. The predicted octanol–water partition coefficient (Wildman–Crippen LogP) is 4.51. The Kier molecular flexibility index (Phi) is 6.97. The summed E-state index contributed by atoms with van der Waals surface area (Å²) in [5.74, 6) is 1.45. The Hall–Kier alpha value is -2.70. The molecule has 0 spiro atoms. The summed E-state index contributed by atoms with van der Waals surface area (Å²) in [5, 5.41) is 9.50. The molecular weight excluding hydrogens is 424 g/mol. The molecule has 2 aromatic carbocycles. The van der Waals surface area contributed by atoms with E-state index in [2.05, 4.69) is 47.4 Å². The number of methoxy groups -OCH3 is 1. The van der Waals surface area contributed by atoms with Crippen LogP contribution in [-0.2, 0) is 17.8 Å². The van der Waals surface area contributed by atoms with Crippen LogP contribution in [0.5, 0.6) is 0 Å². The molecule has 5 rings (SSSR count). The summed E-state index contributed by atoms with van der Waals surface area (Å²) in [4.78, 5) is 15.0. The molecule has 3 aromatic rings. The molecule has 0 radical (unpaired) electrons. The maximum atomic E-state index is 13.0.